The number of hydrogen-bond donors (Lipinski definition) is 0. The van der Waals surface area contributed by atoms with Gasteiger partial charge in [0, 0.05) is 12.4 Å². The molecule has 0 aromatic rings. The minimum absolute atomic E-state index is 0.161. The first-order valence-electron chi connectivity index (χ1n) is 3.58. The molecule has 0 unspecified atom stereocenters. The molecule has 4 heteroatoms. The second-order valence-corrected chi connectivity index (χ2v) is 11.3. The maximum absolute atomic E-state index is 5.88. The second-order valence-electron chi connectivity index (χ2n) is 3.76. The zero-order valence-corrected chi connectivity index (χ0v) is 10.4. The molecule has 0 amide bonds. The van der Waals surface area contributed by atoms with E-state index in [1.54, 1.807) is 0 Å². The molecule has 70 valence electrons. The van der Waals surface area contributed by atoms with E-state index in [4.69, 9.17) is 32.0 Å². The van der Waals surface area contributed by atoms with Gasteiger partial charge in [0.15, 0.2) is 0 Å². The largest absolute Gasteiger partial charge is 0.0627 e. The van der Waals surface area contributed by atoms with Gasteiger partial charge < -0.3 is 0 Å². The van der Waals surface area contributed by atoms with Gasteiger partial charge in [0.1, 0.15) is 0 Å². The molecule has 0 aromatic heterocycles. The molecule has 0 atom stereocenters. The molecular weight excluding hydrogens is 223 g/mol. The fraction of sp³-hybridized carbons (Fsp3) is 1.00. The Morgan fingerprint density at radius 1 is 1.18 bits per heavy atom. The molecule has 0 aliphatic carbocycles. The molecule has 0 aliphatic rings. The van der Waals surface area contributed by atoms with Crippen LogP contribution in [0.1, 0.15) is 34.1 Å². The van der Waals surface area contributed by atoms with Crippen LogP contribution in [0.2, 0.25) is 0 Å². The van der Waals surface area contributed by atoms with Gasteiger partial charge in [-0.05, 0) is 58.2 Å². The molecule has 11 heavy (non-hydrogen) atoms. The first-order valence-corrected chi connectivity index (χ1v) is 7.70. The van der Waals surface area contributed by atoms with E-state index in [0.717, 1.165) is 6.42 Å². The minimum atomic E-state index is -1.98. The Hall–Kier alpha value is 1.22. The average Bonchev–Trinajstić information content (AvgIpc) is 1.56. The molecule has 0 spiro atoms. The summed E-state index contributed by atoms with van der Waals surface area (Å²) >= 11 is 0. The Morgan fingerprint density at radius 3 is 1.64 bits per heavy atom. The summed E-state index contributed by atoms with van der Waals surface area (Å²) in [6.45, 7) is 8.29. The third-order valence-electron chi connectivity index (χ3n) is 1.53. The summed E-state index contributed by atoms with van der Waals surface area (Å²) in [5.41, 5.74) is 0. The molecule has 0 fully saturated rings. The van der Waals surface area contributed by atoms with Crippen molar-refractivity contribution in [3.63, 3.8) is 0 Å². The van der Waals surface area contributed by atoms with Crippen molar-refractivity contribution in [2.24, 2.45) is 5.92 Å². The molecule has 0 aliphatic heterocycles. The molecule has 0 rings (SSSR count). The third kappa shape index (κ3) is 4.12. The molecular formula is C7H15Cl3S. The van der Waals surface area contributed by atoms with Gasteiger partial charge in [0.2, 0.25) is 0 Å². The molecule has 0 saturated carbocycles. The van der Waals surface area contributed by atoms with Crippen LogP contribution in [0, 0.1) is 5.92 Å². The lowest BCUT2D eigenvalue weighted by atomic mass is 10.0. The zero-order valence-electron chi connectivity index (χ0n) is 7.33. The van der Waals surface area contributed by atoms with Gasteiger partial charge in [-0.3, -0.25) is 0 Å². The van der Waals surface area contributed by atoms with E-state index >= 15 is 0 Å². The van der Waals surface area contributed by atoms with E-state index in [2.05, 4.69) is 13.8 Å². The van der Waals surface area contributed by atoms with Crippen molar-refractivity contribution in [2.75, 3.05) is 0 Å². The second kappa shape index (κ2) is 3.95. The highest BCUT2D eigenvalue weighted by molar-refractivity contribution is 8.79. The summed E-state index contributed by atoms with van der Waals surface area (Å²) in [5.74, 6) is 0.577. The lowest BCUT2D eigenvalue weighted by Crippen LogP contribution is -2.21. The smallest absolute Gasteiger partial charge is 0.0336 e. The SMILES string of the molecule is CC(C)CC(C)(C)S(Cl)(Cl)Cl. The lowest BCUT2D eigenvalue weighted by molar-refractivity contribution is 0.503. The maximum atomic E-state index is 5.88. The molecule has 0 N–H and O–H groups in total. The molecule has 0 nitrogen and oxygen atoms in total. The molecule has 0 heterocycles. The number of rotatable bonds is 3. The highest BCUT2D eigenvalue weighted by Gasteiger charge is 2.36. The summed E-state index contributed by atoms with van der Waals surface area (Å²) in [6, 6.07) is 0. The van der Waals surface area contributed by atoms with Crippen molar-refractivity contribution >= 4 is 39.7 Å². The van der Waals surface area contributed by atoms with E-state index in [1.807, 2.05) is 13.8 Å². The van der Waals surface area contributed by atoms with Crippen molar-refractivity contribution in [1.82, 2.24) is 0 Å². The van der Waals surface area contributed by atoms with Crippen LogP contribution >= 0.6 is 39.7 Å². The van der Waals surface area contributed by atoms with E-state index in [9.17, 15) is 0 Å². The Balaban J connectivity index is 4.22. The van der Waals surface area contributed by atoms with E-state index in [-0.39, 0.29) is 4.75 Å². The molecule has 0 aromatic carbocycles. The highest BCUT2D eigenvalue weighted by atomic mass is 36.2. The molecule has 0 radical (unpaired) electrons. The van der Waals surface area contributed by atoms with Gasteiger partial charge in [0.25, 0.3) is 0 Å². The van der Waals surface area contributed by atoms with Gasteiger partial charge in [-0.2, -0.15) is 0 Å². The molecule has 0 bridgehead atoms. The van der Waals surface area contributed by atoms with Gasteiger partial charge in [0.05, 0.1) is 0 Å². The average molecular weight is 238 g/mol. The van der Waals surface area contributed by atoms with Crippen LogP contribution in [-0.2, 0) is 0 Å². The summed E-state index contributed by atoms with van der Waals surface area (Å²) in [6.07, 6.45) is 0.957. The fourth-order valence-electron chi connectivity index (χ4n) is 1.08. The summed E-state index contributed by atoms with van der Waals surface area (Å²) in [7, 11) is 15.7. The summed E-state index contributed by atoms with van der Waals surface area (Å²) < 4.78 is -0.161. The fourth-order valence-corrected chi connectivity index (χ4v) is 2.17. The maximum Gasteiger partial charge on any atom is 0.0336 e. The van der Waals surface area contributed by atoms with E-state index in [0.29, 0.717) is 5.92 Å². The quantitative estimate of drug-likeness (QED) is 0.642. The van der Waals surface area contributed by atoms with Crippen LogP contribution in [0.25, 0.3) is 0 Å². The van der Waals surface area contributed by atoms with E-state index in [1.165, 1.54) is 0 Å². The summed E-state index contributed by atoms with van der Waals surface area (Å²) in [5, 5.41) is 0. The Morgan fingerprint density at radius 2 is 1.55 bits per heavy atom. The molecule has 0 saturated heterocycles. The van der Waals surface area contributed by atoms with Crippen LogP contribution in [-0.4, -0.2) is 4.75 Å². The predicted molar refractivity (Wildman–Crippen MR) is 58.7 cm³/mol. The first-order chi connectivity index (χ1) is 4.67. The van der Waals surface area contributed by atoms with Crippen LogP contribution in [0.15, 0.2) is 0 Å². The highest BCUT2D eigenvalue weighted by Crippen LogP contribution is 2.73. The van der Waals surface area contributed by atoms with Crippen molar-refractivity contribution in [3.05, 3.63) is 0 Å². The van der Waals surface area contributed by atoms with Crippen LogP contribution in [0.3, 0.4) is 0 Å². The standard InChI is InChI=1S/C7H15Cl3S/c1-6(2)5-7(3,4)11(8,9)10/h6H,5H2,1-4H3. The van der Waals surface area contributed by atoms with Crippen molar-refractivity contribution in [2.45, 2.75) is 38.9 Å². The third-order valence-corrected chi connectivity index (χ3v) is 6.71. The van der Waals surface area contributed by atoms with Crippen molar-refractivity contribution < 1.29 is 0 Å². The Kier molecular flexibility index (Phi) is 4.39. The van der Waals surface area contributed by atoms with Gasteiger partial charge in [-0.25, -0.2) is 0 Å². The normalized spacial score (nSPS) is 15.6. The monoisotopic (exact) mass is 236 g/mol. The minimum Gasteiger partial charge on any atom is -0.0627 e. The van der Waals surface area contributed by atoms with Gasteiger partial charge in [-0.1, -0.05) is 13.8 Å². The van der Waals surface area contributed by atoms with E-state index < -0.39 is 7.67 Å². The zero-order chi connectivity index (χ0) is 9.28. The van der Waals surface area contributed by atoms with Crippen molar-refractivity contribution in [1.29, 1.82) is 0 Å². The predicted octanol–water partition coefficient (Wildman–Crippen LogP) is 5.08. The summed E-state index contributed by atoms with van der Waals surface area (Å²) in [4.78, 5) is 0. The van der Waals surface area contributed by atoms with Crippen molar-refractivity contribution in [3.8, 4) is 0 Å². The Labute approximate surface area is 84.4 Å². The first kappa shape index (κ1) is 12.2. The van der Waals surface area contributed by atoms with Crippen LogP contribution in [0.4, 0.5) is 0 Å². The van der Waals surface area contributed by atoms with Crippen LogP contribution in [0.5, 0.6) is 0 Å². The number of hydrogen-bond acceptors (Lipinski definition) is 0. The number of halogens is 3. The van der Waals surface area contributed by atoms with Gasteiger partial charge in [-0.15, -0.1) is 0 Å². The topological polar surface area (TPSA) is 0 Å². The Bertz CT molecular complexity index is 126. The lowest BCUT2D eigenvalue weighted by Gasteiger charge is -2.36. The van der Waals surface area contributed by atoms with Crippen LogP contribution < -0.4 is 0 Å². The van der Waals surface area contributed by atoms with Gasteiger partial charge >= 0.3 is 0 Å².